The van der Waals surface area contributed by atoms with Gasteiger partial charge in [-0.05, 0) is 52.2 Å². The first-order chi connectivity index (χ1) is 9.52. The molecule has 1 aromatic carbocycles. The van der Waals surface area contributed by atoms with Crippen LogP contribution in [0, 0.1) is 0 Å². The van der Waals surface area contributed by atoms with Gasteiger partial charge in [0.05, 0.1) is 11.6 Å². The zero-order chi connectivity index (χ0) is 14.8. The van der Waals surface area contributed by atoms with Crippen LogP contribution >= 0.6 is 0 Å². The van der Waals surface area contributed by atoms with E-state index in [0.29, 0.717) is 0 Å². The summed E-state index contributed by atoms with van der Waals surface area (Å²) in [5.41, 5.74) is 2.34. The van der Waals surface area contributed by atoms with Gasteiger partial charge in [-0.1, -0.05) is 25.1 Å². The van der Waals surface area contributed by atoms with Gasteiger partial charge < -0.3 is 10.2 Å². The minimum absolute atomic E-state index is 0.0545. The molecule has 3 heteroatoms. The van der Waals surface area contributed by atoms with Crippen LogP contribution < -0.4 is 5.32 Å². The molecule has 3 nitrogen and oxygen atoms in total. The lowest BCUT2D eigenvalue weighted by Crippen LogP contribution is -2.50. The molecule has 0 amide bonds. The minimum Gasteiger partial charge on any atom is -0.311 e. The molecule has 2 aromatic rings. The van der Waals surface area contributed by atoms with Gasteiger partial charge >= 0.3 is 0 Å². The maximum atomic E-state index is 4.60. The molecule has 0 bridgehead atoms. The van der Waals surface area contributed by atoms with E-state index in [-0.39, 0.29) is 11.6 Å². The van der Waals surface area contributed by atoms with Crippen LogP contribution in [0.1, 0.15) is 31.9 Å². The zero-order valence-electron chi connectivity index (χ0n) is 13.1. The van der Waals surface area contributed by atoms with Gasteiger partial charge in [-0.25, -0.2) is 0 Å². The highest BCUT2D eigenvalue weighted by Gasteiger charge is 2.35. The third-order valence-electron chi connectivity index (χ3n) is 4.59. The molecule has 0 radical (unpaired) electrons. The summed E-state index contributed by atoms with van der Waals surface area (Å²) in [6.45, 7) is 4.53. The molecule has 2 unspecified atom stereocenters. The van der Waals surface area contributed by atoms with Gasteiger partial charge in [0.25, 0.3) is 0 Å². The second kappa shape index (κ2) is 5.90. The summed E-state index contributed by atoms with van der Waals surface area (Å²) in [6.07, 6.45) is 3.07. The third-order valence-corrected chi connectivity index (χ3v) is 4.59. The highest BCUT2D eigenvalue weighted by molar-refractivity contribution is 5.78. The summed E-state index contributed by atoms with van der Waals surface area (Å²) < 4.78 is 0. The van der Waals surface area contributed by atoms with Gasteiger partial charge in [-0.15, -0.1) is 0 Å². The molecule has 0 spiro atoms. The summed E-state index contributed by atoms with van der Waals surface area (Å²) in [6, 6.07) is 10.8. The average Bonchev–Trinajstić information content (AvgIpc) is 2.47. The van der Waals surface area contributed by atoms with E-state index in [1.54, 1.807) is 0 Å². The van der Waals surface area contributed by atoms with Crippen molar-refractivity contribution in [3.05, 3.63) is 42.1 Å². The van der Waals surface area contributed by atoms with Crippen molar-refractivity contribution in [2.45, 2.75) is 31.8 Å². The van der Waals surface area contributed by atoms with Crippen molar-refractivity contribution < 1.29 is 0 Å². The topological polar surface area (TPSA) is 28.2 Å². The predicted octanol–water partition coefficient (Wildman–Crippen LogP) is 3.23. The summed E-state index contributed by atoms with van der Waals surface area (Å²) in [5.74, 6) is 0. The maximum absolute atomic E-state index is 4.60. The monoisotopic (exact) mass is 271 g/mol. The fraction of sp³-hybridized carbons (Fsp3) is 0.471. The Hall–Kier alpha value is -1.45. The second-order valence-corrected chi connectivity index (χ2v) is 5.79. The Bertz CT molecular complexity index is 579. The smallest absolute Gasteiger partial charge is 0.0702 e. The number of aromatic nitrogens is 1. The molecule has 1 aromatic heterocycles. The molecule has 0 saturated heterocycles. The molecule has 0 aliphatic rings. The number of hydrogen-bond donors (Lipinski definition) is 1. The normalized spacial score (nSPS) is 16.3. The molecule has 1 heterocycles. The first-order valence-electron chi connectivity index (χ1n) is 7.22. The lowest BCUT2D eigenvalue weighted by molar-refractivity contribution is 0.117. The SMILES string of the molecule is CCC(C)(C(NC)c1cnc2ccccc2c1)N(C)C. The summed E-state index contributed by atoms with van der Waals surface area (Å²) in [7, 11) is 6.31. The number of para-hydroxylation sites is 1. The van der Waals surface area contributed by atoms with E-state index in [0.717, 1.165) is 11.9 Å². The van der Waals surface area contributed by atoms with Crippen molar-refractivity contribution in [1.29, 1.82) is 0 Å². The van der Waals surface area contributed by atoms with Crippen molar-refractivity contribution in [3.8, 4) is 0 Å². The van der Waals surface area contributed by atoms with Crippen LogP contribution in [0.4, 0.5) is 0 Å². The van der Waals surface area contributed by atoms with E-state index < -0.39 is 0 Å². The Kier molecular flexibility index (Phi) is 4.41. The molecule has 0 fully saturated rings. The number of pyridine rings is 1. The maximum Gasteiger partial charge on any atom is 0.0702 e. The number of hydrogen-bond acceptors (Lipinski definition) is 3. The quantitative estimate of drug-likeness (QED) is 0.905. The summed E-state index contributed by atoms with van der Waals surface area (Å²) >= 11 is 0. The Morgan fingerprint density at radius 1 is 1.30 bits per heavy atom. The van der Waals surface area contributed by atoms with Crippen LogP contribution in [0.3, 0.4) is 0 Å². The van der Waals surface area contributed by atoms with Gasteiger partial charge in [0.15, 0.2) is 0 Å². The van der Waals surface area contributed by atoms with E-state index in [1.165, 1.54) is 10.9 Å². The molecular formula is C17H25N3. The molecule has 108 valence electrons. The van der Waals surface area contributed by atoms with Gasteiger partial charge in [0, 0.05) is 17.1 Å². The minimum atomic E-state index is 0.0545. The van der Waals surface area contributed by atoms with Gasteiger partial charge in [0.2, 0.25) is 0 Å². The first-order valence-corrected chi connectivity index (χ1v) is 7.22. The number of likely N-dealkylation sites (N-methyl/N-ethyl adjacent to an activating group) is 2. The Labute approximate surface area is 122 Å². The largest absolute Gasteiger partial charge is 0.311 e. The van der Waals surface area contributed by atoms with Crippen LogP contribution in [-0.2, 0) is 0 Å². The number of fused-ring (bicyclic) bond motifs is 1. The summed E-state index contributed by atoms with van der Waals surface area (Å²) in [4.78, 5) is 6.89. The number of benzene rings is 1. The van der Waals surface area contributed by atoms with Crippen molar-refractivity contribution in [1.82, 2.24) is 15.2 Å². The second-order valence-electron chi connectivity index (χ2n) is 5.79. The lowest BCUT2D eigenvalue weighted by atomic mass is 9.84. The Morgan fingerprint density at radius 2 is 2.00 bits per heavy atom. The van der Waals surface area contributed by atoms with Crippen LogP contribution in [0.5, 0.6) is 0 Å². The van der Waals surface area contributed by atoms with E-state index >= 15 is 0 Å². The summed E-state index contributed by atoms with van der Waals surface area (Å²) in [5, 5.41) is 4.67. The first kappa shape index (κ1) is 14.9. The van der Waals surface area contributed by atoms with E-state index in [1.807, 2.05) is 19.3 Å². The van der Waals surface area contributed by atoms with Crippen LogP contribution in [-0.4, -0.2) is 36.6 Å². The average molecular weight is 271 g/mol. The number of rotatable bonds is 5. The molecular weight excluding hydrogens is 246 g/mol. The van der Waals surface area contributed by atoms with Gasteiger partial charge in [-0.2, -0.15) is 0 Å². The molecule has 1 N–H and O–H groups in total. The highest BCUT2D eigenvalue weighted by atomic mass is 15.2. The van der Waals surface area contributed by atoms with E-state index in [2.05, 4.69) is 67.4 Å². The van der Waals surface area contributed by atoms with Crippen LogP contribution in [0.25, 0.3) is 10.9 Å². The predicted molar refractivity (Wildman–Crippen MR) is 85.9 cm³/mol. The van der Waals surface area contributed by atoms with Gasteiger partial charge in [0.1, 0.15) is 0 Å². The molecule has 2 rings (SSSR count). The molecule has 20 heavy (non-hydrogen) atoms. The van der Waals surface area contributed by atoms with Crippen LogP contribution in [0.15, 0.2) is 36.5 Å². The standard InChI is InChI=1S/C17H25N3/c1-6-17(2,20(4)5)16(18-3)14-11-13-9-7-8-10-15(13)19-12-14/h7-12,16,18H,6H2,1-5H3. The highest BCUT2D eigenvalue weighted by Crippen LogP contribution is 2.33. The molecule has 0 saturated carbocycles. The lowest BCUT2D eigenvalue weighted by Gasteiger charge is -2.42. The van der Waals surface area contributed by atoms with Crippen molar-refractivity contribution in [3.63, 3.8) is 0 Å². The van der Waals surface area contributed by atoms with Gasteiger partial charge in [-0.3, -0.25) is 4.98 Å². The number of nitrogens with zero attached hydrogens (tertiary/aromatic N) is 2. The third kappa shape index (κ3) is 2.56. The van der Waals surface area contributed by atoms with Crippen molar-refractivity contribution >= 4 is 10.9 Å². The van der Waals surface area contributed by atoms with Crippen LogP contribution in [0.2, 0.25) is 0 Å². The zero-order valence-corrected chi connectivity index (χ0v) is 13.1. The van der Waals surface area contributed by atoms with E-state index in [9.17, 15) is 0 Å². The molecule has 0 aliphatic carbocycles. The molecule has 0 aliphatic heterocycles. The fourth-order valence-corrected chi connectivity index (χ4v) is 2.86. The Balaban J connectivity index is 2.48. The molecule has 2 atom stereocenters. The fourth-order valence-electron chi connectivity index (χ4n) is 2.86. The van der Waals surface area contributed by atoms with Crippen molar-refractivity contribution in [2.24, 2.45) is 0 Å². The number of nitrogens with one attached hydrogen (secondary N) is 1. The van der Waals surface area contributed by atoms with E-state index in [4.69, 9.17) is 0 Å². The Morgan fingerprint density at radius 3 is 2.60 bits per heavy atom. The van der Waals surface area contributed by atoms with Crippen molar-refractivity contribution in [2.75, 3.05) is 21.1 Å².